The second kappa shape index (κ2) is 8.46. The minimum atomic E-state index is -1.03. The molecule has 0 radical (unpaired) electrons. The van der Waals surface area contributed by atoms with Crippen LogP contribution in [-0.2, 0) is 11.3 Å². The highest BCUT2D eigenvalue weighted by Gasteiger charge is 2.20. The second-order valence-corrected chi connectivity index (χ2v) is 7.80. The molecule has 0 heterocycles. The molecule has 0 fully saturated rings. The summed E-state index contributed by atoms with van der Waals surface area (Å²) in [6.07, 6.45) is -0.623. The number of hydrogen-bond donors (Lipinski definition) is 2. The van der Waals surface area contributed by atoms with Gasteiger partial charge in [0, 0.05) is 7.14 Å². The lowest BCUT2D eigenvalue weighted by Crippen LogP contribution is -2.17. The maximum Gasteiger partial charge on any atom is 0.412 e. The predicted molar refractivity (Wildman–Crippen MR) is 112 cm³/mol. The minimum absolute atomic E-state index is 0.149. The Morgan fingerprint density at radius 2 is 1.74 bits per heavy atom. The average Bonchev–Trinajstić information content (AvgIpc) is 2.50. The lowest BCUT2D eigenvalue weighted by molar-refractivity contribution is 0.0694. The molecule has 1 amide bonds. The van der Waals surface area contributed by atoms with E-state index in [0.29, 0.717) is 12.8 Å². The van der Waals surface area contributed by atoms with E-state index in [1.807, 2.05) is 75.5 Å². The first-order chi connectivity index (χ1) is 10.9. The molecule has 23 heavy (non-hydrogen) atoms. The molecule has 0 unspecified atom stereocenters. The highest BCUT2D eigenvalue weighted by Crippen LogP contribution is 2.31. The van der Waals surface area contributed by atoms with Crippen LogP contribution in [-0.4, -0.2) is 17.2 Å². The quantitative estimate of drug-likeness (QED) is 0.461. The van der Waals surface area contributed by atoms with Crippen molar-refractivity contribution in [3.63, 3.8) is 0 Å². The van der Waals surface area contributed by atoms with Gasteiger partial charge in [0.2, 0.25) is 0 Å². The van der Waals surface area contributed by atoms with Crippen LogP contribution >= 0.6 is 67.8 Å². The molecular weight excluding hydrogens is 639 g/mol. The van der Waals surface area contributed by atoms with E-state index in [0.717, 1.165) is 9.13 Å². The molecule has 0 aliphatic heterocycles. The smallest absolute Gasteiger partial charge is 0.412 e. The fourth-order valence-electron chi connectivity index (χ4n) is 1.76. The van der Waals surface area contributed by atoms with Crippen LogP contribution in [0.15, 0.2) is 36.4 Å². The molecule has 2 rings (SSSR count). The monoisotopic (exact) mass is 649 g/mol. The zero-order chi connectivity index (χ0) is 17.0. The number of amides is 1. The molecule has 2 N–H and O–H groups in total. The molecule has 5 nitrogen and oxygen atoms in total. The predicted octanol–water partition coefficient (Wildman–Crippen LogP) is 4.95. The Hall–Kier alpha value is -0.630. The van der Waals surface area contributed by atoms with Gasteiger partial charge in [0.05, 0.1) is 14.8 Å². The third-order valence-electron chi connectivity index (χ3n) is 2.82. The maximum absolute atomic E-state index is 12.0. The van der Waals surface area contributed by atoms with Gasteiger partial charge in [0.1, 0.15) is 6.61 Å². The Kier molecular flexibility index (Phi) is 6.88. The van der Waals surface area contributed by atoms with Gasteiger partial charge >= 0.3 is 12.1 Å². The fourth-order valence-corrected chi connectivity index (χ4v) is 5.86. The van der Waals surface area contributed by atoms with Gasteiger partial charge < -0.3 is 9.84 Å². The maximum atomic E-state index is 12.0. The lowest BCUT2D eigenvalue weighted by Gasteiger charge is -2.13. The van der Waals surface area contributed by atoms with Crippen LogP contribution in [0.25, 0.3) is 0 Å². The van der Waals surface area contributed by atoms with E-state index in [2.05, 4.69) is 27.9 Å². The summed E-state index contributed by atoms with van der Waals surface area (Å²) in [5.74, 6) is -1.03. The van der Waals surface area contributed by atoms with E-state index in [-0.39, 0.29) is 12.2 Å². The number of carboxylic acids is 1. The molecule has 120 valence electrons. The normalized spacial score (nSPS) is 10.2. The number of anilines is 1. The van der Waals surface area contributed by atoms with Crippen molar-refractivity contribution < 1.29 is 19.4 Å². The van der Waals surface area contributed by atoms with Gasteiger partial charge in [-0.15, -0.1) is 0 Å². The first kappa shape index (κ1) is 18.7. The topological polar surface area (TPSA) is 75.6 Å². The Labute approximate surface area is 173 Å². The number of aromatic carboxylic acids is 1. The fraction of sp³-hybridized carbons (Fsp3) is 0.0667. The summed E-state index contributed by atoms with van der Waals surface area (Å²) < 4.78 is 7.01. The second-order valence-electron chi connectivity index (χ2n) is 4.40. The first-order valence-corrected chi connectivity index (χ1v) is 9.52. The molecule has 0 saturated heterocycles. The number of carboxylic acid groups (broad SMARTS) is 1. The van der Waals surface area contributed by atoms with Gasteiger partial charge in [0.15, 0.2) is 0 Å². The summed E-state index contributed by atoms with van der Waals surface area (Å²) in [4.78, 5) is 23.3. The summed E-state index contributed by atoms with van der Waals surface area (Å²) in [6.45, 7) is 0.149. The average molecular weight is 649 g/mol. The SMILES string of the molecule is O=C(Nc1c(I)cc(I)c(C(=O)O)c1I)OCc1ccccc1. The first-order valence-electron chi connectivity index (χ1n) is 6.28. The van der Waals surface area contributed by atoms with Gasteiger partial charge in [-0.25, -0.2) is 9.59 Å². The zero-order valence-electron chi connectivity index (χ0n) is 11.5. The van der Waals surface area contributed by atoms with Crippen LogP contribution < -0.4 is 5.32 Å². The lowest BCUT2D eigenvalue weighted by atomic mass is 10.2. The molecule has 0 spiro atoms. The van der Waals surface area contributed by atoms with Gasteiger partial charge in [-0.2, -0.15) is 0 Å². The summed E-state index contributed by atoms with van der Waals surface area (Å²) >= 11 is 5.94. The Bertz CT molecular complexity index is 750. The van der Waals surface area contributed by atoms with Crippen molar-refractivity contribution in [2.75, 3.05) is 5.32 Å². The van der Waals surface area contributed by atoms with E-state index in [4.69, 9.17) is 4.74 Å². The van der Waals surface area contributed by atoms with E-state index in [1.165, 1.54) is 0 Å². The Balaban J connectivity index is 2.15. The van der Waals surface area contributed by atoms with Gasteiger partial charge in [-0.1, -0.05) is 30.3 Å². The molecule has 0 aromatic heterocycles. The summed E-state index contributed by atoms with van der Waals surface area (Å²) in [5.41, 5.74) is 1.49. The number of ether oxygens (including phenoxy) is 1. The number of halogens is 3. The van der Waals surface area contributed by atoms with E-state index >= 15 is 0 Å². The van der Waals surface area contributed by atoms with Crippen LogP contribution in [0.1, 0.15) is 15.9 Å². The van der Waals surface area contributed by atoms with Gasteiger partial charge in [-0.05, 0) is 79.4 Å². The Morgan fingerprint density at radius 3 is 2.35 bits per heavy atom. The van der Waals surface area contributed by atoms with Crippen LogP contribution in [0, 0.1) is 10.7 Å². The third kappa shape index (κ3) is 4.92. The molecule has 0 aliphatic carbocycles. The number of benzene rings is 2. The standard InChI is InChI=1S/C15H10I3NO4/c16-9-6-10(17)13(12(18)11(9)14(20)21)19-15(22)23-7-8-4-2-1-3-5-8/h1-6H,7H2,(H,19,22)(H,20,21). The van der Waals surface area contributed by atoms with E-state index in [9.17, 15) is 14.7 Å². The number of carbonyl (C=O) groups is 2. The molecule has 0 bridgehead atoms. The van der Waals surface area contributed by atoms with Gasteiger partial charge in [-0.3, -0.25) is 5.32 Å². The number of nitrogens with one attached hydrogen (secondary N) is 1. The van der Waals surface area contributed by atoms with Crippen molar-refractivity contribution in [1.29, 1.82) is 0 Å². The molecule has 2 aromatic rings. The Morgan fingerprint density at radius 1 is 1.09 bits per heavy atom. The number of hydrogen-bond acceptors (Lipinski definition) is 3. The van der Waals surface area contributed by atoms with Crippen molar-refractivity contribution >= 4 is 85.5 Å². The summed E-state index contributed by atoms with van der Waals surface area (Å²) in [6, 6.07) is 11.0. The van der Waals surface area contributed by atoms with Crippen molar-refractivity contribution in [1.82, 2.24) is 0 Å². The van der Waals surface area contributed by atoms with Crippen molar-refractivity contribution in [2.24, 2.45) is 0 Å². The molecular formula is C15H10I3NO4. The van der Waals surface area contributed by atoms with Crippen LogP contribution in [0.3, 0.4) is 0 Å². The van der Waals surface area contributed by atoms with Crippen LogP contribution in [0.2, 0.25) is 0 Å². The zero-order valence-corrected chi connectivity index (χ0v) is 17.9. The van der Waals surface area contributed by atoms with Gasteiger partial charge in [0.25, 0.3) is 0 Å². The molecule has 8 heteroatoms. The highest BCUT2D eigenvalue weighted by atomic mass is 127. The number of rotatable bonds is 4. The highest BCUT2D eigenvalue weighted by molar-refractivity contribution is 14.1. The number of carbonyl (C=O) groups excluding carboxylic acids is 1. The summed E-state index contributed by atoms with van der Waals surface area (Å²) in [5, 5.41) is 11.9. The van der Waals surface area contributed by atoms with Crippen LogP contribution in [0.4, 0.5) is 10.5 Å². The van der Waals surface area contributed by atoms with Crippen molar-refractivity contribution in [3.05, 3.63) is 58.2 Å². The minimum Gasteiger partial charge on any atom is -0.478 e. The molecule has 2 aromatic carbocycles. The van der Waals surface area contributed by atoms with Crippen LogP contribution in [0.5, 0.6) is 0 Å². The van der Waals surface area contributed by atoms with E-state index < -0.39 is 12.1 Å². The van der Waals surface area contributed by atoms with Crippen molar-refractivity contribution in [2.45, 2.75) is 6.61 Å². The summed E-state index contributed by atoms with van der Waals surface area (Å²) in [7, 11) is 0. The van der Waals surface area contributed by atoms with E-state index in [1.54, 1.807) is 6.07 Å². The molecule has 0 saturated carbocycles. The molecule has 0 aliphatic rings. The van der Waals surface area contributed by atoms with Crippen molar-refractivity contribution in [3.8, 4) is 0 Å². The third-order valence-corrected chi connectivity index (χ3v) is 5.60. The largest absolute Gasteiger partial charge is 0.478 e. The molecule has 0 atom stereocenters.